The van der Waals surface area contributed by atoms with E-state index in [1.165, 1.54) is 17.0 Å². The van der Waals surface area contributed by atoms with Gasteiger partial charge in [0.25, 0.3) is 5.91 Å². The topological polar surface area (TPSA) is 112 Å². The minimum absolute atomic E-state index is 0.00475. The van der Waals surface area contributed by atoms with Crippen molar-refractivity contribution >= 4 is 38.5 Å². The van der Waals surface area contributed by atoms with Crippen molar-refractivity contribution in [2.45, 2.75) is 24.3 Å². The molecule has 9 heteroatoms. The Morgan fingerprint density at radius 1 is 1.20 bits per heavy atom. The molecular weight excluding hydrogens is 406 g/mol. The lowest BCUT2D eigenvalue weighted by molar-refractivity contribution is -0.122. The number of anilines is 1. The second-order valence-electron chi connectivity index (χ2n) is 7.40. The van der Waals surface area contributed by atoms with Gasteiger partial charge in [0.1, 0.15) is 0 Å². The van der Waals surface area contributed by atoms with Crippen LogP contribution in [0.2, 0.25) is 0 Å². The lowest BCUT2D eigenvalue weighted by atomic mass is 10.1. The molecule has 3 aromatic rings. The van der Waals surface area contributed by atoms with Crippen molar-refractivity contribution in [1.82, 2.24) is 4.57 Å². The molecule has 2 aromatic carbocycles. The number of benzene rings is 2. The number of aromatic nitrogens is 1. The fraction of sp³-hybridized carbons (Fsp3) is 0.238. The maximum absolute atomic E-state index is 12.8. The number of carbonyl (C=O) groups excluding carboxylic acids is 2. The largest absolute Gasteiger partial charge is 0.452 e. The first-order chi connectivity index (χ1) is 14.2. The van der Waals surface area contributed by atoms with Crippen molar-refractivity contribution in [1.29, 1.82) is 0 Å². The van der Waals surface area contributed by atoms with E-state index in [0.717, 1.165) is 10.9 Å². The normalized spacial score (nSPS) is 16.0. The minimum atomic E-state index is -3.82. The third kappa shape index (κ3) is 3.46. The molecule has 1 unspecified atom stereocenters. The van der Waals surface area contributed by atoms with Crippen molar-refractivity contribution in [2.24, 2.45) is 12.2 Å². The molecule has 0 spiro atoms. The molecule has 1 aliphatic heterocycles. The van der Waals surface area contributed by atoms with Crippen molar-refractivity contribution in [3.63, 3.8) is 0 Å². The number of amides is 1. The highest BCUT2D eigenvalue weighted by Gasteiger charge is 2.32. The Balaban J connectivity index is 1.52. The van der Waals surface area contributed by atoms with Gasteiger partial charge in [-0.15, -0.1) is 0 Å². The van der Waals surface area contributed by atoms with E-state index in [-0.39, 0.29) is 16.8 Å². The fourth-order valence-electron chi connectivity index (χ4n) is 3.94. The predicted octanol–water partition coefficient (Wildman–Crippen LogP) is 1.96. The first-order valence-corrected chi connectivity index (χ1v) is 10.9. The van der Waals surface area contributed by atoms with Gasteiger partial charge in [-0.05, 0) is 43.2 Å². The number of sulfonamides is 1. The van der Waals surface area contributed by atoms with E-state index < -0.39 is 22.6 Å². The fourth-order valence-corrected chi connectivity index (χ4v) is 4.51. The molecule has 4 rings (SSSR count). The summed E-state index contributed by atoms with van der Waals surface area (Å²) in [5, 5.41) is 5.95. The number of nitrogens with zero attached hydrogens (tertiary/aromatic N) is 2. The van der Waals surface area contributed by atoms with E-state index in [4.69, 9.17) is 9.88 Å². The summed E-state index contributed by atoms with van der Waals surface area (Å²) >= 11 is 0. The standard InChI is InChI=1S/C21H21N3O5S/c1-13-9-14-10-15(30(22,27)28)7-8-18(14)24(13)20(25)12-29-21(26)17-11-23(2)19-6-4-3-5-16(17)19/h3-8,10-11,13H,9,12H2,1-2H3,(H2,22,27,28). The van der Waals surface area contributed by atoms with Gasteiger partial charge < -0.3 is 14.2 Å². The van der Waals surface area contributed by atoms with Crippen LogP contribution in [0.15, 0.2) is 53.6 Å². The van der Waals surface area contributed by atoms with Gasteiger partial charge in [-0.1, -0.05) is 18.2 Å². The molecule has 0 bridgehead atoms. The summed E-state index contributed by atoms with van der Waals surface area (Å²) in [6.45, 7) is 1.43. The van der Waals surface area contributed by atoms with Gasteiger partial charge in [-0.3, -0.25) is 4.79 Å². The van der Waals surface area contributed by atoms with Crippen molar-refractivity contribution < 1.29 is 22.7 Å². The van der Waals surface area contributed by atoms with Crippen LogP contribution < -0.4 is 10.0 Å². The minimum Gasteiger partial charge on any atom is -0.452 e. The number of aryl methyl sites for hydroxylation is 1. The zero-order chi connectivity index (χ0) is 21.6. The van der Waals surface area contributed by atoms with Gasteiger partial charge in [-0.2, -0.15) is 0 Å². The first kappa shape index (κ1) is 20.1. The summed E-state index contributed by atoms with van der Waals surface area (Å²) in [6.07, 6.45) is 2.17. The molecule has 2 heterocycles. The average molecular weight is 427 g/mol. The van der Waals surface area contributed by atoms with E-state index >= 15 is 0 Å². The third-order valence-corrected chi connectivity index (χ3v) is 6.22. The summed E-state index contributed by atoms with van der Waals surface area (Å²) < 4.78 is 30.3. The number of primary sulfonamides is 1. The van der Waals surface area contributed by atoms with E-state index in [1.807, 2.05) is 42.8 Å². The molecule has 0 fully saturated rings. The molecular formula is C21H21N3O5S. The highest BCUT2D eigenvalue weighted by molar-refractivity contribution is 7.89. The van der Waals surface area contributed by atoms with Gasteiger partial charge in [0.2, 0.25) is 10.0 Å². The number of ether oxygens (including phenoxy) is 1. The third-order valence-electron chi connectivity index (χ3n) is 5.31. The molecule has 0 radical (unpaired) electrons. The van der Waals surface area contributed by atoms with Crippen LogP contribution in [0.4, 0.5) is 5.69 Å². The quantitative estimate of drug-likeness (QED) is 0.640. The lowest BCUT2D eigenvalue weighted by Gasteiger charge is -2.22. The smallest absolute Gasteiger partial charge is 0.340 e. The molecule has 2 N–H and O–H groups in total. The molecule has 1 aromatic heterocycles. The molecule has 0 saturated carbocycles. The van der Waals surface area contributed by atoms with Crippen LogP contribution in [0, 0.1) is 0 Å². The zero-order valence-electron chi connectivity index (χ0n) is 16.5. The highest BCUT2D eigenvalue weighted by atomic mass is 32.2. The van der Waals surface area contributed by atoms with Crippen molar-refractivity contribution in [2.75, 3.05) is 11.5 Å². The number of hydrogen-bond donors (Lipinski definition) is 1. The molecule has 1 amide bonds. The number of carbonyl (C=O) groups is 2. The van der Waals surface area contributed by atoms with Crippen LogP contribution in [0.3, 0.4) is 0 Å². The highest BCUT2D eigenvalue weighted by Crippen LogP contribution is 2.33. The van der Waals surface area contributed by atoms with E-state index in [2.05, 4.69) is 0 Å². The van der Waals surface area contributed by atoms with Crippen LogP contribution in [0.25, 0.3) is 10.9 Å². The Morgan fingerprint density at radius 2 is 1.93 bits per heavy atom. The Labute approximate surface area is 173 Å². The molecule has 30 heavy (non-hydrogen) atoms. The lowest BCUT2D eigenvalue weighted by Crippen LogP contribution is -2.38. The second-order valence-corrected chi connectivity index (χ2v) is 8.96. The summed E-state index contributed by atoms with van der Waals surface area (Å²) in [6, 6.07) is 11.7. The van der Waals surface area contributed by atoms with E-state index in [0.29, 0.717) is 23.2 Å². The molecule has 0 aliphatic carbocycles. The molecule has 156 valence electrons. The van der Waals surface area contributed by atoms with Crippen LogP contribution in [0.1, 0.15) is 22.8 Å². The van der Waals surface area contributed by atoms with E-state index in [1.54, 1.807) is 12.3 Å². The molecule has 8 nitrogen and oxygen atoms in total. The van der Waals surface area contributed by atoms with E-state index in [9.17, 15) is 18.0 Å². The number of hydrogen-bond acceptors (Lipinski definition) is 5. The Kier molecular flexibility index (Phi) is 4.87. The van der Waals surface area contributed by atoms with Gasteiger partial charge in [-0.25, -0.2) is 18.4 Å². The van der Waals surface area contributed by atoms with Crippen LogP contribution in [0.5, 0.6) is 0 Å². The Morgan fingerprint density at radius 3 is 2.67 bits per heavy atom. The average Bonchev–Trinajstić information content (AvgIpc) is 3.21. The summed E-state index contributed by atoms with van der Waals surface area (Å²) in [4.78, 5) is 26.9. The van der Waals surface area contributed by atoms with Crippen molar-refractivity contribution in [3.8, 4) is 0 Å². The van der Waals surface area contributed by atoms with Gasteiger partial charge >= 0.3 is 5.97 Å². The number of fused-ring (bicyclic) bond motifs is 2. The zero-order valence-corrected chi connectivity index (χ0v) is 17.3. The summed E-state index contributed by atoms with van der Waals surface area (Å²) in [5.74, 6) is -0.949. The maximum atomic E-state index is 12.8. The van der Waals surface area contributed by atoms with Gasteiger partial charge in [0.05, 0.1) is 10.5 Å². The molecule has 1 aliphatic rings. The number of rotatable bonds is 4. The van der Waals surface area contributed by atoms with Gasteiger partial charge in [0.15, 0.2) is 6.61 Å². The molecule has 1 atom stereocenters. The number of esters is 1. The number of nitrogens with two attached hydrogens (primary N) is 1. The van der Waals surface area contributed by atoms with Crippen LogP contribution in [-0.4, -0.2) is 37.5 Å². The maximum Gasteiger partial charge on any atom is 0.340 e. The Hall–Kier alpha value is -3.17. The first-order valence-electron chi connectivity index (χ1n) is 9.36. The predicted molar refractivity (Wildman–Crippen MR) is 112 cm³/mol. The van der Waals surface area contributed by atoms with Crippen molar-refractivity contribution in [3.05, 3.63) is 59.8 Å². The van der Waals surface area contributed by atoms with Crippen LogP contribution >= 0.6 is 0 Å². The summed E-state index contributed by atoms with van der Waals surface area (Å²) in [5.41, 5.74) is 2.60. The second kappa shape index (κ2) is 7.26. The monoisotopic (exact) mass is 427 g/mol. The summed E-state index contributed by atoms with van der Waals surface area (Å²) in [7, 11) is -1.99. The van der Waals surface area contributed by atoms with Gasteiger partial charge in [0, 0.05) is 35.9 Å². The number of para-hydroxylation sites is 1. The Bertz CT molecular complexity index is 1280. The SMILES string of the molecule is CC1Cc2cc(S(N)(=O)=O)ccc2N1C(=O)COC(=O)c1cn(C)c2ccccc12. The van der Waals surface area contributed by atoms with Crippen LogP contribution in [-0.2, 0) is 33.0 Å². The molecule has 0 saturated heterocycles.